The van der Waals surface area contributed by atoms with E-state index >= 15 is 0 Å². The van der Waals surface area contributed by atoms with Crippen molar-refractivity contribution < 1.29 is 8.42 Å². The average Bonchev–Trinajstić information content (AvgIpc) is 2.36. The number of hydrogen-bond acceptors (Lipinski definition) is 5. The molecule has 106 valence electrons. The molecule has 0 saturated heterocycles. The van der Waals surface area contributed by atoms with Crippen LogP contribution < -0.4 is 10.6 Å². The van der Waals surface area contributed by atoms with Gasteiger partial charge in [-0.05, 0) is 24.6 Å². The summed E-state index contributed by atoms with van der Waals surface area (Å²) in [5.74, 6) is 1.49. The number of thioether (sulfide) groups is 1. The molecule has 1 aliphatic rings. The van der Waals surface area contributed by atoms with Gasteiger partial charge in [0.1, 0.15) is 0 Å². The van der Waals surface area contributed by atoms with Crippen LogP contribution in [0.2, 0.25) is 0 Å². The quantitative estimate of drug-likeness (QED) is 0.843. The zero-order chi connectivity index (χ0) is 13.9. The second kappa shape index (κ2) is 6.05. The van der Waals surface area contributed by atoms with Crippen LogP contribution in [-0.2, 0) is 9.84 Å². The maximum atomic E-state index is 11.8. The minimum atomic E-state index is -2.92. The topological polar surface area (TPSA) is 63.4 Å². The number of fused-ring (bicyclic) bond motifs is 1. The fourth-order valence-corrected chi connectivity index (χ4v) is 4.54. The summed E-state index contributed by atoms with van der Waals surface area (Å²) >= 11 is 1.80. The van der Waals surface area contributed by atoms with Gasteiger partial charge < -0.3 is 10.6 Å². The van der Waals surface area contributed by atoms with E-state index in [1.54, 1.807) is 11.8 Å². The number of rotatable bonds is 5. The Balaban J connectivity index is 2.09. The van der Waals surface area contributed by atoms with Crippen molar-refractivity contribution >= 4 is 33.0 Å². The van der Waals surface area contributed by atoms with Crippen molar-refractivity contribution in [3.63, 3.8) is 0 Å². The van der Waals surface area contributed by atoms with Crippen molar-refractivity contribution in [3.05, 3.63) is 18.2 Å². The first-order chi connectivity index (χ1) is 9.02. The van der Waals surface area contributed by atoms with Gasteiger partial charge in [0.05, 0.1) is 11.4 Å². The van der Waals surface area contributed by atoms with Gasteiger partial charge in [-0.2, -0.15) is 0 Å². The number of hydrogen-bond donors (Lipinski definition) is 1. The summed E-state index contributed by atoms with van der Waals surface area (Å²) in [4.78, 5) is 3.32. The summed E-state index contributed by atoms with van der Waals surface area (Å²) in [5, 5.41) is 0. The molecule has 0 bridgehead atoms. The van der Waals surface area contributed by atoms with Gasteiger partial charge in [-0.25, -0.2) is 8.42 Å². The molecule has 0 atom stereocenters. The van der Waals surface area contributed by atoms with Crippen LogP contribution in [0.4, 0.5) is 11.4 Å². The Hall–Kier alpha value is -0.880. The first-order valence-electron chi connectivity index (χ1n) is 6.49. The van der Waals surface area contributed by atoms with Crippen molar-refractivity contribution in [2.24, 2.45) is 0 Å². The molecule has 0 spiro atoms. The molecule has 0 saturated carbocycles. The van der Waals surface area contributed by atoms with Crippen LogP contribution in [-0.4, -0.2) is 38.8 Å². The summed E-state index contributed by atoms with van der Waals surface area (Å²) in [6.07, 6.45) is 0.682. The molecule has 1 aliphatic heterocycles. The van der Waals surface area contributed by atoms with Crippen molar-refractivity contribution in [3.8, 4) is 0 Å². The Morgan fingerprint density at radius 1 is 1.37 bits per heavy atom. The van der Waals surface area contributed by atoms with Crippen molar-refractivity contribution in [2.45, 2.75) is 18.2 Å². The normalized spacial score (nSPS) is 15.3. The van der Waals surface area contributed by atoms with E-state index in [2.05, 4.69) is 4.90 Å². The molecule has 1 aromatic rings. The van der Waals surface area contributed by atoms with Crippen LogP contribution in [0.15, 0.2) is 23.1 Å². The van der Waals surface area contributed by atoms with E-state index in [1.807, 2.05) is 25.1 Å². The van der Waals surface area contributed by atoms with E-state index in [-0.39, 0.29) is 11.5 Å². The molecule has 2 N–H and O–H groups in total. The highest BCUT2D eigenvalue weighted by Gasteiger charge is 2.19. The molecule has 0 unspecified atom stereocenters. The van der Waals surface area contributed by atoms with Crippen LogP contribution in [0, 0.1) is 0 Å². The Morgan fingerprint density at radius 2 is 2.16 bits per heavy atom. The number of nitrogen functional groups attached to an aromatic ring is 1. The molecule has 1 aromatic carbocycles. The summed E-state index contributed by atoms with van der Waals surface area (Å²) in [6.45, 7) is 3.33. The number of nitrogens with zero attached hydrogens (tertiary/aromatic N) is 1. The summed E-state index contributed by atoms with van der Waals surface area (Å²) in [7, 11) is -2.92. The molecule has 4 nitrogen and oxygen atoms in total. The third-order valence-corrected chi connectivity index (χ3v) is 6.01. The second-order valence-corrected chi connectivity index (χ2v) is 8.15. The molecule has 0 aromatic heterocycles. The van der Waals surface area contributed by atoms with Gasteiger partial charge >= 0.3 is 0 Å². The predicted molar refractivity (Wildman–Crippen MR) is 82.7 cm³/mol. The molecule has 19 heavy (non-hydrogen) atoms. The van der Waals surface area contributed by atoms with Gasteiger partial charge in [0.15, 0.2) is 9.84 Å². The number of anilines is 2. The maximum Gasteiger partial charge on any atom is 0.152 e. The number of benzene rings is 1. The molecule has 1 heterocycles. The highest BCUT2D eigenvalue weighted by atomic mass is 32.2. The van der Waals surface area contributed by atoms with E-state index < -0.39 is 9.84 Å². The first kappa shape index (κ1) is 14.5. The lowest BCUT2D eigenvalue weighted by Gasteiger charge is -2.31. The standard InChI is InChI=1S/C13H20N2O2S2/c1-2-8-19(16,17)9-6-15-5-7-18-13-4-3-11(14)10-12(13)15/h3-4,10H,2,5-9,14H2,1H3. The van der Waals surface area contributed by atoms with Gasteiger partial charge in [0.25, 0.3) is 0 Å². The monoisotopic (exact) mass is 300 g/mol. The minimum Gasteiger partial charge on any atom is -0.399 e. The first-order valence-corrected chi connectivity index (χ1v) is 9.30. The smallest absolute Gasteiger partial charge is 0.152 e. The fraction of sp³-hybridized carbons (Fsp3) is 0.538. The van der Waals surface area contributed by atoms with E-state index in [1.165, 1.54) is 4.90 Å². The third-order valence-electron chi connectivity index (χ3n) is 3.13. The lowest BCUT2D eigenvalue weighted by molar-refractivity contribution is 0.593. The van der Waals surface area contributed by atoms with Crippen molar-refractivity contribution in [2.75, 3.05) is 41.0 Å². The largest absolute Gasteiger partial charge is 0.399 e. The highest BCUT2D eigenvalue weighted by Crippen LogP contribution is 2.35. The molecular formula is C13H20N2O2S2. The van der Waals surface area contributed by atoms with Crippen molar-refractivity contribution in [1.82, 2.24) is 0 Å². The van der Waals surface area contributed by atoms with E-state index in [0.29, 0.717) is 13.0 Å². The molecule has 0 radical (unpaired) electrons. The summed E-state index contributed by atoms with van der Waals surface area (Å²) < 4.78 is 23.6. The molecule has 2 rings (SSSR count). The maximum absolute atomic E-state index is 11.8. The third kappa shape index (κ3) is 3.79. The van der Waals surface area contributed by atoms with E-state index in [4.69, 9.17) is 5.73 Å². The Labute approximate surface area is 119 Å². The molecular weight excluding hydrogens is 280 g/mol. The number of sulfone groups is 1. The van der Waals surface area contributed by atoms with Crippen LogP contribution >= 0.6 is 11.8 Å². The summed E-state index contributed by atoms with van der Waals surface area (Å²) in [6, 6.07) is 5.85. The second-order valence-electron chi connectivity index (χ2n) is 4.71. The van der Waals surface area contributed by atoms with Gasteiger partial charge in [-0.3, -0.25) is 0 Å². The van der Waals surface area contributed by atoms with E-state index in [9.17, 15) is 8.42 Å². The molecule has 0 fully saturated rings. The van der Waals surface area contributed by atoms with Crippen LogP contribution in [0.5, 0.6) is 0 Å². The molecule has 0 aliphatic carbocycles. The Kier molecular flexibility index (Phi) is 4.62. The highest BCUT2D eigenvalue weighted by molar-refractivity contribution is 7.99. The Morgan fingerprint density at radius 3 is 2.89 bits per heavy atom. The lowest BCUT2D eigenvalue weighted by atomic mass is 10.2. The lowest BCUT2D eigenvalue weighted by Crippen LogP contribution is -2.34. The SMILES string of the molecule is CCCS(=O)(=O)CCN1CCSc2ccc(N)cc21. The van der Waals surface area contributed by atoms with Crippen LogP contribution in [0.25, 0.3) is 0 Å². The van der Waals surface area contributed by atoms with E-state index in [0.717, 1.165) is 23.7 Å². The zero-order valence-corrected chi connectivity index (χ0v) is 12.8. The Bertz CT molecular complexity index is 544. The predicted octanol–water partition coefficient (Wildman–Crippen LogP) is 2.01. The zero-order valence-electron chi connectivity index (χ0n) is 11.1. The molecule has 6 heteroatoms. The van der Waals surface area contributed by atoms with Gasteiger partial charge in [-0.1, -0.05) is 6.92 Å². The number of nitrogens with two attached hydrogens (primary N) is 1. The van der Waals surface area contributed by atoms with Gasteiger partial charge in [0.2, 0.25) is 0 Å². The van der Waals surface area contributed by atoms with Gasteiger partial charge in [-0.15, -0.1) is 11.8 Å². The molecule has 0 amide bonds. The van der Waals surface area contributed by atoms with Crippen LogP contribution in [0.1, 0.15) is 13.3 Å². The summed E-state index contributed by atoms with van der Waals surface area (Å²) in [5.41, 5.74) is 7.62. The minimum absolute atomic E-state index is 0.222. The fourth-order valence-electron chi connectivity index (χ4n) is 2.18. The van der Waals surface area contributed by atoms with Gasteiger partial charge in [0, 0.05) is 35.2 Å². The average molecular weight is 300 g/mol. The van der Waals surface area contributed by atoms with Crippen molar-refractivity contribution in [1.29, 1.82) is 0 Å². The van der Waals surface area contributed by atoms with Crippen LogP contribution in [0.3, 0.4) is 0 Å².